The van der Waals surface area contributed by atoms with Gasteiger partial charge >= 0.3 is 18.3 Å². The molecule has 37 heavy (non-hydrogen) atoms. The lowest BCUT2D eigenvalue weighted by Crippen LogP contribution is -2.48. The zero-order valence-electron chi connectivity index (χ0n) is 19.2. The zero-order chi connectivity index (χ0) is 28.0. The maximum atomic E-state index is 12.6. The van der Waals surface area contributed by atoms with Gasteiger partial charge in [0.1, 0.15) is 5.82 Å². The molecular weight excluding hydrogens is 538 g/mol. The highest BCUT2D eigenvalue weighted by molar-refractivity contribution is 7.16. The van der Waals surface area contributed by atoms with Crippen LogP contribution < -0.4 is 9.47 Å². The summed E-state index contributed by atoms with van der Waals surface area (Å²) in [6.45, 7) is 2.28. The zero-order valence-corrected chi connectivity index (χ0v) is 20.0. The number of piperazine rings is 1. The molecule has 0 unspecified atom stereocenters. The molecule has 0 saturated carbocycles. The van der Waals surface area contributed by atoms with E-state index in [1.807, 2.05) is 4.90 Å². The first-order valence-corrected chi connectivity index (χ1v) is 11.0. The van der Waals surface area contributed by atoms with E-state index in [-0.39, 0.29) is 10.8 Å². The normalized spacial score (nSPS) is 14.4. The second-order valence-corrected chi connectivity index (χ2v) is 8.31. The Hall–Kier alpha value is -3.47. The summed E-state index contributed by atoms with van der Waals surface area (Å²) in [5.41, 5.74) is 0. The Labute approximate surface area is 209 Å². The number of nitrogens with zero attached hydrogens (tertiary/aromatic N) is 4. The van der Waals surface area contributed by atoms with Crippen LogP contribution in [0.4, 0.5) is 26.3 Å². The highest BCUT2D eigenvalue weighted by Crippen LogP contribution is 2.27. The first-order valence-electron chi connectivity index (χ1n) is 10.1. The second kappa shape index (κ2) is 12.2. The molecule has 0 aliphatic carbocycles. The predicted molar refractivity (Wildman–Crippen MR) is 115 cm³/mol. The van der Waals surface area contributed by atoms with Crippen molar-refractivity contribution in [3.05, 3.63) is 33.8 Å². The van der Waals surface area contributed by atoms with Gasteiger partial charge in [-0.1, -0.05) is 0 Å². The number of Topliss-reactive ketones (excluding diaryl/α,β-unsaturated/α-hetero) is 1. The van der Waals surface area contributed by atoms with E-state index in [1.54, 1.807) is 11.0 Å². The summed E-state index contributed by atoms with van der Waals surface area (Å²) in [7, 11) is 2.99. The van der Waals surface area contributed by atoms with E-state index >= 15 is 0 Å². The topological polar surface area (TPSA) is 122 Å². The molecule has 17 heteroatoms. The molecule has 10 nitrogen and oxygen atoms in total. The van der Waals surface area contributed by atoms with Gasteiger partial charge in [-0.15, -0.1) is 11.3 Å². The van der Waals surface area contributed by atoms with Crippen molar-refractivity contribution >= 4 is 29.0 Å². The van der Waals surface area contributed by atoms with Crippen LogP contribution in [0, 0.1) is 0 Å². The van der Waals surface area contributed by atoms with E-state index in [4.69, 9.17) is 19.4 Å². The molecule has 1 saturated heterocycles. The minimum absolute atomic E-state index is 0.108. The first kappa shape index (κ1) is 29.8. The number of ether oxygens (including phenoxy) is 2. The number of carbonyl (C=O) groups excluding carboxylic acids is 2. The van der Waals surface area contributed by atoms with Gasteiger partial charge in [-0.25, -0.2) is 4.79 Å². The Morgan fingerprint density at radius 1 is 0.919 bits per heavy atom. The number of carboxylic acid groups (broad SMARTS) is 1. The van der Waals surface area contributed by atoms with Gasteiger partial charge in [0.05, 0.1) is 36.6 Å². The summed E-state index contributed by atoms with van der Waals surface area (Å²) in [4.78, 5) is 44.6. The molecule has 1 fully saturated rings. The average molecular weight is 558 g/mol. The van der Waals surface area contributed by atoms with E-state index in [0.29, 0.717) is 61.6 Å². The van der Waals surface area contributed by atoms with Crippen molar-refractivity contribution < 1.29 is 55.3 Å². The number of alkyl halides is 6. The third-order valence-electron chi connectivity index (χ3n) is 4.71. The predicted octanol–water partition coefficient (Wildman–Crippen LogP) is 2.89. The molecule has 1 aliphatic heterocycles. The van der Waals surface area contributed by atoms with E-state index in [1.165, 1.54) is 20.3 Å². The van der Waals surface area contributed by atoms with Crippen LogP contribution in [0.1, 0.15) is 25.2 Å². The maximum absolute atomic E-state index is 12.6. The third kappa shape index (κ3) is 8.56. The fraction of sp³-hybridized carbons (Fsp3) is 0.450. The summed E-state index contributed by atoms with van der Waals surface area (Å²) in [5, 5.41) is 7.12. The van der Waals surface area contributed by atoms with Crippen LogP contribution in [-0.2, 0) is 11.3 Å². The molecule has 1 aliphatic rings. The van der Waals surface area contributed by atoms with Crippen molar-refractivity contribution in [2.75, 3.05) is 40.4 Å². The Balaban J connectivity index is 0.000000604. The summed E-state index contributed by atoms with van der Waals surface area (Å²) in [6.07, 6.45) is -10.0. The van der Waals surface area contributed by atoms with Crippen LogP contribution in [-0.4, -0.2) is 95.3 Å². The van der Waals surface area contributed by atoms with Gasteiger partial charge in [-0.05, 0) is 12.1 Å². The summed E-state index contributed by atoms with van der Waals surface area (Å²) >= 11 is 0.559. The number of hydrogen-bond acceptors (Lipinski definition) is 9. The van der Waals surface area contributed by atoms with Crippen LogP contribution in [0.3, 0.4) is 0 Å². The molecule has 1 amide bonds. The molecule has 204 valence electrons. The van der Waals surface area contributed by atoms with Gasteiger partial charge in [0.15, 0.2) is 0 Å². The summed E-state index contributed by atoms with van der Waals surface area (Å²) in [5.74, 6) is -3.81. The molecule has 3 heterocycles. The van der Waals surface area contributed by atoms with Crippen LogP contribution in [0.15, 0.2) is 18.2 Å². The number of ketones is 1. The smallest absolute Gasteiger partial charge is 0.481 e. The van der Waals surface area contributed by atoms with Crippen molar-refractivity contribution in [2.24, 2.45) is 0 Å². The second-order valence-electron chi connectivity index (χ2n) is 7.23. The van der Waals surface area contributed by atoms with Crippen molar-refractivity contribution in [3.8, 4) is 11.8 Å². The number of carbonyl (C=O) groups is 3. The number of aromatic nitrogens is 2. The Bertz CT molecular complexity index is 1090. The van der Waals surface area contributed by atoms with Gasteiger partial charge in [0.25, 0.3) is 11.7 Å². The fourth-order valence-electron chi connectivity index (χ4n) is 2.91. The van der Waals surface area contributed by atoms with Gasteiger partial charge in [0, 0.05) is 26.2 Å². The molecule has 0 spiro atoms. The van der Waals surface area contributed by atoms with E-state index in [9.17, 15) is 35.9 Å². The van der Waals surface area contributed by atoms with Gasteiger partial charge in [-0.2, -0.15) is 36.3 Å². The molecule has 0 radical (unpaired) electrons. The highest BCUT2D eigenvalue weighted by Gasteiger charge is 2.40. The number of carboxylic acids is 1. The number of thiophene rings is 1. The molecule has 0 aromatic carbocycles. The molecule has 0 atom stereocenters. The molecule has 2 aromatic heterocycles. The van der Waals surface area contributed by atoms with E-state index < -0.39 is 29.0 Å². The third-order valence-corrected chi connectivity index (χ3v) is 5.78. The molecule has 1 N–H and O–H groups in total. The standard InChI is InChI=1S/C18H19F3N4O4S.C2HF3O2/c1-28-14-9-15(29-2)23-13(22-14)10-24-5-7-25(8-6-24)17(27)12-4-3-11(30-12)16(26)18(19,20)21;3-2(4,5)1(6)7/h3-4,9H,5-8,10H2,1-2H3;(H,6,7). The Morgan fingerprint density at radius 3 is 1.84 bits per heavy atom. The Kier molecular flexibility index (Phi) is 9.80. The molecular formula is C20H20F6N4O6S. The van der Waals surface area contributed by atoms with E-state index in [0.717, 1.165) is 6.07 Å². The van der Waals surface area contributed by atoms with Crippen LogP contribution in [0.5, 0.6) is 11.8 Å². The van der Waals surface area contributed by atoms with Crippen LogP contribution >= 0.6 is 11.3 Å². The van der Waals surface area contributed by atoms with Crippen molar-refractivity contribution in [1.29, 1.82) is 0 Å². The number of methoxy groups -OCH3 is 2. The average Bonchev–Trinajstić information content (AvgIpc) is 3.32. The molecule has 3 rings (SSSR count). The summed E-state index contributed by atoms with van der Waals surface area (Å²) in [6, 6.07) is 3.87. The lowest BCUT2D eigenvalue weighted by Gasteiger charge is -2.34. The Morgan fingerprint density at radius 2 is 1.41 bits per heavy atom. The lowest BCUT2D eigenvalue weighted by molar-refractivity contribution is -0.192. The minimum Gasteiger partial charge on any atom is -0.481 e. The van der Waals surface area contributed by atoms with Gasteiger partial charge in [-0.3, -0.25) is 14.5 Å². The number of amides is 1. The largest absolute Gasteiger partial charge is 0.490 e. The van der Waals surface area contributed by atoms with Crippen molar-refractivity contribution in [2.45, 2.75) is 18.9 Å². The van der Waals surface area contributed by atoms with Crippen molar-refractivity contribution in [1.82, 2.24) is 19.8 Å². The van der Waals surface area contributed by atoms with Gasteiger partial charge in [0.2, 0.25) is 11.8 Å². The SMILES string of the molecule is COc1cc(OC)nc(CN2CCN(C(=O)c3ccc(C(=O)C(F)(F)F)s3)CC2)n1.O=C(O)C(F)(F)F. The number of halogens is 6. The maximum Gasteiger partial charge on any atom is 0.490 e. The number of rotatable bonds is 6. The van der Waals surface area contributed by atoms with E-state index in [2.05, 4.69) is 9.97 Å². The quantitative estimate of drug-likeness (QED) is 0.421. The van der Waals surface area contributed by atoms with Crippen LogP contribution in [0.2, 0.25) is 0 Å². The lowest BCUT2D eigenvalue weighted by atomic mass is 10.2. The highest BCUT2D eigenvalue weighted by atomic mass is 32.1. The number of hydrogen-bond donors (Lipinski definition) is 1. The number of aliphatic carboxylic acids is 1. The monoisotopic (exact) mass is 558 g/mol. The van der Waals surface area contributed by atoms with Gasteiger partial charge < -0.3 is 19.5 Å². The minimum atomic E-state index is -5.08. The van der Waals surface area contributed by atoms with Crippen LogP contribution in [0.25, 0.3) is 0 Å². The molecule has 2 aromatic rings. The molecule has 0 bridgehead atoms. The first-order chi connectivity index (χ1) is 17.1. The fourth-order valence-corrected chi connectivity index (χ4v) is 3.84. The summed E-state index contributed by atoms with van der Waals surface area (Å²) < 4.78 is 79.6. The van der Waals surface area contributed by atoms with Crippen molar-refractivity contribution in [3.63, 3.8) is 0 Å².